The molecule has 1 amide bonds. The molecule has 6 nitrogen and oxygen atoms in total. The van der Waals surface area contributed by atoms with Crippen molar-refractivity contribution >= 4 is 16.8 Å². The number of H-pyrrole nitrogens is 1. The number of benzene rings is 2. The first-order chi connectivity index (χ1) is 15.1. The van der Waals surface area contributed by atoms with E-state index in [1.54, 1.807) is 24.1 Å². The van der Waals surface area contributed by atoms with E-state index in [2.05, 4.69) is 18.0 Å². The average Bonchev–Trinajstić information content (AvgIpc) is 3.33. The number of aromatic nitrogens is 1. The minimum Gasteiger partial charge on any atom is -0.497 e. The van der Waals surface area contributed by atoms with Crippen LogP contribution in [-0.4, -0.2) is 22.9 Å². The summed E-state index contributed by atoms with van der Waals surface area (Å²) in [4.78, 5) is 30.4. The van der Waals surface area contributed by atoms with E-state index in [0.29, 0.717) is 12.1 Å². The Morgan fingerprint density at radius 1 is 1.03 bits per heavy atom. The van der Waals surface area contributed by atoms with Crippen LogP contribution in [0.15, 0.2) is 76.1 Å². The van der Waals surface area contributed by atoms with Gasteiger partial charge in [0.1, 0.15) is 5.75 Å². The lowest BCUT2D eigenvalue weighted by Gasteiger charge is -2.22. The van der Waals surface area contributed by atoms with Crippen molar-refractivity contribution in [3.05, 3.63) is 99.7 Å². The zero-order valence-electron chi connectivity index (χ0n) is 17.6. The molecule has 0 saturated carbocycles. The maximum atomic E-state index is 13.1. The van der Waals surface area contributed by atoms with E-state index in [-0.39, 0.29) is 23.8 Å². The number of nitrogens with one attached hydrogen (secondary N) is 1. The van der Waals surface area contributed by atoms with Gasteiger partial charge in [0, 0.05) is 17.6 Å². The molecule has 0 aliphatic carbocycles. The van der Waals surface area contributed by atoms with Gasteiger partial charge in [-0.25, -0.2) is 0 Å². The van der Waals surface area contributed by atoms with Gasteiger partial charge in [-0.2, -0.15) is 0 Å². The van der Waals surface area contributed by atoms with Gasteiger partial charge in [-0.3, -0.25) is 9.59 Å². The number of aromatic amines is 1. The molecule has 0 fully saturated rings. The normalized spacial score (nSPS) is 10.9. The minimum absolute atomic E-state index is 0.160. The fourth-order valence-corrected chi connectivity index (χ4v) is 3.55. The molecule has 0 aliphatic heterocycles. The highest BCUT2D eigenvalue weighted by Crippen LogP contribution is 2.19. The monoisotopic (exact) mass is 416 g/mol. The highest BCUT2D eigenvalue weighted by atomic mass is 16.5. The average molecular weight is 416 g/mol. The predicted octanol–water partition coefficient (Wildman–Crippen LogP) is 4.53. The Kier molecular flexibility index (Phi) is 5.89. The molecule has 0 atom stereocenters. The largest absolute Gasteiger partial charge is 0.497 e. The van der Waals surface area contributed by atoms with E-state index in [9.17, 15) is 9.59 Å². The van der Waals surface area contributed by atoms with Gasteiger partial charge in [0.15, 0.2) is 5.76 Å². The van der Waals surface area contributed by atoms with Crippen LogP contribution in [-0.2, 0) is 19.5 Å². The number of aryl methyl sites for hydroxylation is 1. The van der Waals surface area contributed by atoms with Gasteiger partial charge in [-0.15, -0.1) is 0 Å². The third kappa shape index (κ3) is 4.53. The van der Waals surface area contributed by atoms with Crippen LogP contribution in [0, 0.1) is 0 Å². The van der Waals surface area contributed by atoms with Crippen LogP contribution < -0.4 is 10.3 Å². The van der Waals surface area contributed by atoms with Crippen molar-refractivity contribution in [3.63, 3.8) is 0 Å². The molecule has 31 heavy (non-hydrogen) atoms. The van der Waals surface area contributed by atoms with Crippen molar-refractivity contribution in [1.82, 2.24) is 9.88 Å². The molecule has 0 radical (unpaired) electrons. The summed E-state index contributed by atoms with van der Waals surface area (Å²) in [5.41, 5.74) is 3.21. The predicted molar refractivity (Wildman–Crippen MR) is 119 cm³/mol. The van der Waals surface area contributed by atoms with Crippen LogP contribution in [0.4, 0.5) is 0 Å². The van der Waals surface area contributed by atoms with Crippen LogP contribution in [0.25, 0.3) is 10.9 Å². The number of furan rings is 1. The lowest BCUT2D eigenvalue weighted by molar-refractivity contribution is 0.0697. The van der Waals surface area contributed by atoms with Crippen molar-refractivity contribution < 1.29 is 13.9 Å². The molecule has 2 heterocycles. The summed E-state index contributed by atoms with van der Waals surface area (Å²) in [6.07, 6.45) is 2.37. The van der Waals surface area contributed by atoms with Gasteiger partial charge in [0.25, 0.3) is 11.5 Å². The van der Waals surface area contributed by atoms with Crippen LogP contribution in [0.5, 0.6) is 5.75 Å². The first-order valence-electron chi connectivity index (χ1n) is 10.2. The summed E-state index contributed by atoms with van der Waals surface area (Å²) < 4.78 is 10.5. The van der Waals surface area contributed by atoms with Crippen LogP contribution >= 0.6 is 0 Å². The van der Waals surface area contributed by atoms with Gasteiger partial charge in [0.05, 0.1) is 19.9 Å². The van der Waals surface area contributed by atoms with Crippen LogP contribution in [0.2, 0.25) is 0 Å². The number of pyridine rings is 1. The van der Waals surface area contributed by atoms with E-state index in [0.717, 1.165) is 28.6 Å². The van der Waals surface area contributed by atoms with Crippen molar-refractivity contribution in [2.45, 2.75) is 26.4 Å². The Balaban J connectivity index is 1.68. The SMILES string of the molecule is CCc1ccc2[nH]c(=O)c(CN(Cc3ccc(OC)cc3)C(=O)c3ccco3)cc2c1. The van der Waals surface area contributed by atoms with E-state index in [4.69, 9.17) is 9.15 Å². The molecule has 0 aliphatic rings. The molecule has 4 aromatic rings. The molecule has 6 heteroatoms. The fourth-order valence-electron chi connectivity index (χ4n) is 3.55. The van der Waals surface area contributed by atoms with Crippen molar-refractivity contribution in [3.8, 4) is 5.75 Å². The summed E-state index contributed by atoms with van der Waals surface area (Å²) in [7, 11) is 1.61. The Labute approximate surface area is 180 Å². The van der Waals surface area contributed by atoms with E-state index in [1.165, 1.54) is 11.8 Å². The Morgan fingerprint density at radius 2 is 1.81 bits per heavy atom. The quantitative estimate of drug-likeness (QED) is 0.480. The number of hydrogen-bond donors (Lipinski definition) is 1. The Morgan fingerprint density at radius 3 is 2.48 bits per heavy atom. The first kappa shape index (κ1) is 20.5. The van der Waals surface area contributed by atoms with E-state index in [1.807, 2.05) is 42.5 Å². The minimum atomic E-state index is -0.275. The summed E-state index contributed by atoms with van der Waals surface area (Å²) in [5, 5.41) is 0.948. The van der Waals surface area contributed by atoms with Gasteiger partial charge >= 0.3 is 0 Å². The maximum Gasteiger partial charge on any atom is 0.290 e. The molecular weight excluding hydrogens is 392 g/mol. The van der Waals surface area contributed by atoms with Crippen molar-refractivity contribution in [2.75, 3.05) is 7.11 Å². The molecule has 2 aromatic carbocycles. The highest BCUT2D eigenvalue weighted by molar-refractivity contribution is 5.91. The summed E-state index contributed by atoms with van der Waals surface area (Å²) in [6, 6.07) is 18.7. The number of fused-ring (bicyclic) bond motifs is 1. The first-order valence-corrected chi connectivity index (χ1v) is 10.2. The van der Waals surface area contributed by atoms with Gasteiger partial charge in [0.2, 0.25) is 0 Å². The number of hydrogen-bond acceptors (Lipinski definition) is 4. The standard InChI is InChI=1S/C25H24N2O4/c1-3-17-8-11-22-19(13-17)14-20(24(28)26-22)16-27(25(29)23-5-4-12-31-23)15-18-6-9-21(30-2)10-7-18/h4-14H,3,15-16H2,1-2H3,(H,26,28). The molecule has 0 saturated heterocycles. The number of amides is 1. The smallest absolute Gasteiger partial charge is 0.290 e. The van der Waals surface area contributed by atoms with Gasteiger partial charge in [-0.05, 0) is 65.4 Å². The maximum absolute atomic E-state index is 13.1. The molecule has 158 valence electrons. The third-order valence-electron chi connectivity index (χ3n) is 5.31. The zero-order chi connectivity index (χ0) is 21.8. The number of ether oxygens (including phenoxy) is 1. The Bertz CT molecular complexity index is 1240. The summed E-state index contributed by atoms with van der Waals surface area (Å²) in [5.74, 6) is 0.701. The van der Waals surface area contributed by atoms with E-state index >= 15 is 0 Å². The number of rotatable bonds is 7. The summed E-state index contributed by atoms with van der Waals surface area (Å²) in [6.45, 7) is 2.58. The number of carbonyl (C=O) groups is 1. The van der Waals surface area contributed by atoms with Gasteiger partial charge in [-0.1, -0.05) is 25.1 Å². The highest BCUT2D eigenvalue weighted by Gasteiger charge is 2.20. The second kappa shape index (κ2) is 8.92. The zero-order valence-corrected chi connectivity index (χ0v) is 17.6. The van der Waals surface area contributed by atoms with Gasteiger partial charge < -0.3 is 19.0 Å². The molecule has 1 N–H and O–H groups in total. The lowest BCUT2D eigenvalue weighted by Crippen LogP contribution is -2.32. The third-order valence-corrected chi connectivity index (χ3v) is 5.31. The molecule has 0 unspecified atom stereocenters. The van der Waals surface area contributed by atoms with E-state index < -0.39 is 0 Å². The molecular formula is C25H24N2O4. The molecule has 0 bridgehead atoms. The molecule has 0 spiro atoms. The van der Waals surface area contributed by atoms with Crippen molar-refractivity contribution in [1.29, 1.82) is 0 Å². The van der Waals surface area contributed by atoms with Crippen LogP contribution in [0.1, 0.15) is 34.2 Å². The second-order valence-electron chi connectivity index (χ2n) is 7.39. The fraction of sp³-hybridized carbons (Fsp3) is 0.200. The van der Waals surface area contributed by atoms with Crippen molar-refractivity contribution in [2.24, 2.45) is 0 Å². The second-order valence-corrected chi connectivity index (χ2v) is 7.39. The topological polar surface area (TPSA) is 75.5 Å². The molecule has 4 rings (SSSR count). The lowest BCUT2D eigenvalue weighted by atomic mass is 10.1. The summed E-state index contributed by atoms with van der Waals surface area (Å²) >= 11 is 0. The molecule has 2 aromatic heterocycles. The van der Waals surface area contributed by atoms with Crippen LogP contribution in [0.3, 0.4) is 0 Å². The number of nitrogens with zero attached hydrogens (tertiary/aromatic N) is 1. The Hall–Kier alpha value is -3.80. The number of carbonyl (C=O) groups excluding carboxylic acids is 1. The number of methoxy groups -OCH3 is 1.